The molecular weight excluding hydrogens is 379 g/mol. The molecule has 0 aromatic carbocycles. The Bertz CT molecular complexity index is 771. The van der Waals surface area contributed by atoms with Crippen molar-refractivity contribution in [2.24, 2.45) is 11.3 Å². The van der Waals surface area contributed by atoms with Gasteiger partial charge in [0, 0.05) is 12.7 Å². The summed E-state index contributed by atoms with van der Waals surface area (Å²) in [5.74, 6) is -2.12. The van der Waals surface area contributed by atoms with Crippen LogP contribution in [-0.4, -0.2) is 57.5 Å². The topological polar surface area (TPSA) is 103 Å². The summed E-state index contributed by atoms with van der Waals surface area (Å²) in [6, 6.07) is 1.92. The Hall–Kier alpha value is -2.55. The quantitative estimate of drug-likeness (QED) is 0.372. The van der Waals surface area contributed by atoms with Gasteiger partial charge in [-0.2, -0.15) is 0 Å². The summed E-state index contributed by atoms with van der Waals surface area (Å²) in [5.41, 5.74) is -0.0564. The van der Waals surface area contributed by atoms with E-state index >= 15 is 0 Å². The first-order chi connectivity index (χ1) is 13.9. The molecule has 1 unspecified atom stereocenters. The predicted octanol–water partition coefficient (Wildman–Crippen LogP) is 2.19. The highest BCUT2D eigenvalue weighted by molar-refractivity contribution is 5.97. The molecule has 1 aliphatic carbocycles. The first-order valence-corrected chi connectivity index (χ1v) is 10.0. The number of amides is 3. The smallest absolute Gasteiger partial charge is 0.248 e. The van der Waals surface area contributed by atoms with Gasteiger partial charge < -0.3 is 10.2 Å². The van der Waals surface area contributed by atoms with Crippen LogP contribution in [0.5, 0.6) is 0 Å². The Labute approximate surface area is 169 Å². The lowest BCUT2D eigenvalue weighted by molar-refractivity contribution is -0.157. The normalized spacial score (nSPS) is 20.4. The molecule has 2 heterocycles. The SMILES string of the molecule is CCCCC(CN(O)C=O)C(=O)N1CC2(CC2)C[C@H]1C(=O)Nc1ncccc1F. The second-order valence-electron chi connectivity index (χ2n) is 8.08. The number of hydroxylamine groups is 2. The average molecular weight is 406 g/mol. The van der Waals surface area contributed by atoms with Gasteiger partial charge in [0.25, 0.3) is 0 Å². The van der Waals surface area contributed by atoms with Crippen molar-refractivity contribution in [3.63, 3.8) is 0 Å². The maximum absolute atomic E-state index is 13.9. The van der Waals surface area contributed by atoms with E-state index in [1.807, 2.05) is 6.92 Å². The fourth-order valence-electron chi connectivity index (χ4n) is 3.99. The Morgan fingerprint density at radius 2 is 2.28 bits per heavy atom. The standard InChI is InChI=1S/C20H27FN4O4/c1-2-3-5-14(11-24(29)13-26)19(28)25-12-20(7-8-20)10-16(25)18(27)23-17-15(21)6-4-9-22-17/h4,6,9,13-14,16,29H,2-3,5,7-8,10-12H2,1H3,(H,22,23,27)/t14?,16-/m0/s1. The summed E-state index contributed by atoms with van der Waals surface area (Å²) in [7, 11) is 0. The number of pyridine rings is 1. The van der Waals surface area contributed by atoms with Crippen molar-refractivity contribution >= 4 is 24.0 Å². The minimum atomic E-state index is -0.723. The molecule has 1 aromatic rings. The maximum atomic E-state index is 13.9. The van der Waals surface area contributed by atoms with Gasteiger partial charge >= 0.3 is 0 Å². The van der Waals surface area contributed by atoms with E-state index in [1.54, 1.807) is 4.90 Å². The minimum absolute atomic E-state index is 0.0564. The van der Waals surface area contributed by atoms with Gasteiger partial charge in [-0.15, -0.1) is 0 Å². The zero-order chi connectivity index (χ0) is 21.0. The summed E-state index contributed by atoms with van der Waals surface area (Å²) >= 11 is 0. The number of nitrogens with zero attached hydrogens (tertiary/aromatic N) is 3. The van der Waals surface area contributed by atoms with E-state index in [2.05, 4.69) is 10.3 Å². The van der Waals surface area contributed by atoms with Gasteiger partial charge in [-0.1, -0.05) is 19.8 Å². The third-order valence-electron chi connectivity index (χ3n) is 5.84. The molecule has 29 heavy (non-hydrogen) atoms. The number of carbonyl (C=O) groups excluding carboxylic acids is 3. The van der Waals surface area contributed by atoms with Crippen LogP contribution in [0.1, 0.15) is 45.4 Å². The molecule has 0 bridgehead atoms. The first kappa shape index (κ1) is 21.2. The lowest BCUT2D eigenvalue weighted by Crippen LogP contribution is -2.47. The van der Waals surface area contributed by atoms with Crippen molar-refractivity contribution < 1.29 is 24.0 Å². The molecule has 9 heteroatoms. The van der Waals surface area contributed by atoms with Gasteiger partial charge in [-0.05, 0) is 43.2 Å². The zero-order valence-electron chi connectivity index (χ0n) is 16.5. The molecule has 1 aromatic heterocycles. The van der Waals surface area contributed by atoms with Gasteiger partial charge in [0.2, 0.25) is 18.2 Å². The minimum Gasteiger partial charge on any atom is -0.330 e. The largest absolute Gasteiger partial charge is 0.330 e. The van der Waals surface area contributed by atoms with E-state index in [1.165, 1.54) is 18.3 Å². The Morgan fingerprint density at radius 3 is 2.90 bits per heavy atom. The second-order valence-corrected chi connectivity index (χ2v) is 8.08. The third kappa shape index (κ3) is 4.90. The molecule has 1 aliphatic heterocycles. The molecule has 8 nitrogen and oxygen atoms in total. The number of hydrogen-bond donors (Lipinski definition) is 2. The van der Waals surface area contributed by atoms with E-state index in [9.17, 15) is 24.0 Å². The molecule has 1 saturated carbocycles. The molecule has 2 atom stereocenters. The molecule has 2 N–H and O–H groups in total. The van der Waals surface area contributed by atoms with Crippen LogP contribution in [0.4, 0.5) is 10.2 Å². The summed E-state index contributed by atoms with van der Waals surface area (Å²) in [5, 5.41) is 12.6. The van der Waals surface area contributed by atoms with E-state index in [-0.39, 0.29) is 30.1 Å². The van der Waals surface area contributed by atoms with E-state index in [0.717, 1.165) is 25.7 Å². The third-order valence-corrected chi connectivity index (χ3v) is 5.84. The number of nitrogens with one attached hydrogen (secondary N) is 1. The van der Waals surface area contributed by atoms with Crippen molar-refractivity contribution in [3.8, 4) is 0 Å². The van der Waals surface area contributed by atoms with Crippen molar-refractivity contribution in [1.29, 1.82) is 0 Å². The number of unbranched alkanes of at least 4 members (excludes halogenated alkanes) is 1. The summed E-state index contributed by atoms with van der Waals surface area (Å²) < 4.78 is 13.9. The highest BCUT2D eigenvalue weighted by Gasteiger charge is 2.55. The molecule has 2 aliphatic rings. The fourth-order valence-corrected chi connectivity index (χ4v) is 3.99. The average Bonchev–Trinajstić information content (AvgIpc) is 3.36. The van der Waals surface area contributed by atoms with Crippen LogP contribution >= 0.6 is 0 Å². The van der Waals surface area contributed by atoms with E-state index < -0.39 is 23.7 Å². The number of carbonyl (C=O) groups is 3. The number of aromatic nitrogens is 1. The second kappa shape index (κ2) is 8.86. The number of rotatable bonds is 9. The Morgan fingerprint density at radius 1 is 1.52 bits per heavy atom. The van der Waals surface area contributed by atoms with E-state index in [4.69, 9.17) is 0 Å². The van der Waals surface area contributed by atoms with Gasteiger partial charge in [0.15, 0.2) is 11.6 Å². The van der Waals surface area contributed by atoms with Crippen LogP contribution in [0.15, 0.2) is 18.3 Å². The molecule has 3 rings (SSSR count). The van der Waals surface area contributed by atoms with Gasteiger partial charge in [0.05, 0.1) is 12.5 Å². The van der Waals surface area contributed by atoms with Crippen molar-refractivity contribution in [1.82, 2.24) is 14.9 Å². The van der Waals surface area contributed by atoms with Crippen molar-refractivity contribution in [2.45, 2.75) is 51.5 Å². The molecule has 3 amide bonds. The van der Waals surface area contributed by atoms with Gasteiger partial charge in [-0.25, -0.2) is 14.4 Å². The molecule has 1 spiro atoms. The first-order valence-electron chi connectivity index (χ1n) is 10.0. The molecule has 1 saturated heterocycles. The summed E-state index contributed by atoms with van der Waals surface area (Å²) in [4.78, 5) is 42.4. The highest BCUT2D eigenvalue weighted by Crippen LogP contribution is 2.55. The molecular formula is C20H27FN4O4. The van der Waals surface area contributed by atoms with Crippen LogP contribution < -0.4 is 5.32 Å². The van der Waals surface area contributed by atoms with Gasteiger partial charge in [0.1, 0.15) is 6.04 Å². The highest BCUT2D eigenvalue weighted by atomic mass is 19.1. The predicted molar refractivity (Wildman–Crippen MR) is 102 cm³/mol. The van der Waals surface area contributed by atoms with Gasteiger partial charge in [-0.3, -0.25) is 19.6 Å². The molecule has 2 fully saturated rings. The monoisotopic (exact) mass is 406 g/mol. The molecule has 158 valence electrons. The van der Waals surface area contributed by atoms with E-state index in [0.29, 0.717) is 24.4 Å². The molecule has 0 radical (unpaired) electrons. The number of halogens is 1. The zero-order valence-corrected chi connectivity index (χ0v) is 16.5. The Balaban J connectivity index is 1.77. The fraction of sp³-hybridized carbons (Fsp3) is 0.600. The lowest BCUT2D eigenvalue weighted by Gasteiger charge is -2.29. The summed E-state index contributed by atoms with van der Waals surface area (Å²) in [6.07, 6.45) is 6.20. The number of anilines is 1. The van der Waals surface area contributed by atoms with Crippen LogP contribution in [0, 0.1) is 17.2 Å². The van der Waals surface area contributed by atoms with Crippen LogP contribution in [0.2, 0.25) is 0 Å². The van der Waals surface area contributed by atoms with Crippen LogP contribution in [0.25, 0.3) is 0 Å². The summed E-state index contributed by atoms with van der Waals surface area (Å²) in [6.45, 7) is 2.34. The number of likely N-dealkylation sites (tertiary alicyclic amines) is 1. The van der Waals surface area contributed by atoms with Crippen LogP contribution in [-0.2, 0) is 14.4 Å². The lowest BCUT2D eigenvalue weighted by atomic mass is 9.99. The maximum Gasteiger partial charge on any atom is 0.248 e. The number of hydrogen-bond acceptors (Lipinski definition) is 5. The Kier molecular flexibility index (Phi) is 6.46. The van der Waals surface area contributed by atoms with Crippen molar-refractivity contribution in [3.05, 3.63) is 24.1 Å². The van der Waals surface area contributed by atoms with Crippen LogP contribution in [0.3, 0.4) is 0 Å². The van der Waals surface area contributed by atoms with Crippen molar-refractivity contribution in [2.75, 3.05) is 18.4 Å².